The van der Waals surface area contributed by atoms with Crippen LogP contribution in [0.2, 0.25) is 0 Å². The molecule has 2 heterocycles. The van der Waals surface area contributed by atoms with Crippen molar-refractivity contribution in [1.82, 2.24) is 19.1 Å². The average Bonchev–Trinajstić information content (AvgIpc) is 3.57. The van der Waals surface area contributed by atoms with E-state index in [-0.39, 0.29) is 65.7 Å². The number of hydrogen-bond acceptors (Lipinski definition) is 2. The van der Waals surface area contributed by atoms with Crippen LogP contribution in [0.1, 0.15) is 128 Å². The minimum absolute atomic E-state index is 0. The number of benzene rings is 1. The van der Waals surface area contributed by atoms with Crippen molar-refractivity contribution >= 4 is 0 Å². The highest BCUT2D eigenvalue weighted by Crippen LogP contribution is 2.67. The van der Waals surface area contributed by atoms with Crippen LogP contribution < -0.4 is 11.1 Å². The number of aromatic amines is 1. The van der Waals surface area contributed by atoms with Gasteiger partial charge in [0.05, 0.1) is 17.8 Å². The Labute approximate surface area is 253 Å². The van der Waals surface area contributed by atoms with Crippen LogP contribution in [0.4, 0.5) is 13.2 Å². The SMILES string of the molecule is C.C.Cn1[nH]c(=O)c2c1[C@@]1(C)CC[C@@H]2C1(C)C.Cn1c2c(c(=O)n1Cc1ccccc1C(F)(F)F)[C@@H]1CC[C@@]2(C)C1(C)C. The molecule has 2 aromatic heterocycles. The lowest BCUT2D eigenvalue weighted by Gasteiger charge is -2.36. The van der Waals surface area contributed by atoms with E-state index in [0.29, 0.717) is 5.92 Å². The Morgan fingerprint density at radius 1 is 0.837 bits per heavy atom. The maximum Gasteiger partial charge on any atom is 0.416 e. The van der Waals surface area contributed by atoms with E-state index in [2.05, 4.69) is 46.6 Å². The van der Waals surface area contributed by atoms with Crippen LogP contribution in [0, 0.1) is 10.8 Å². The largest absolute Gasteiger partial charge is 0.416 e. The zero-order chi connectivity index (χ0) is 30.1. The molecule has 2 saturated carbocycles. The fraction of sp³-hybridized carbons (Fsp3) is 0.647. The fourth-order valence-corrected chi connectivity index (χ4v) is 9.32. The third-order valence-electron chi connectivity index (χ3n) is 12.3. The Hall–Kier alpha value is -2.97. The Balaban J connectivity index is 0.000000213. The molecule has 4 atom stereocenters. The summed E-state index contributed by atoms with van der Waals surface area (Å²) in [6, 6.07) is 5.49. The molecule has 0 spiro atoms. The first kappa shape index (κ1) is 32.9. The van der Waals surface area contributed by atoms with E-state index < -0.39 is 11.7 Å². The Kier molecular flexibility index (Phi) is 7.48. The number of H-pyrrole nitrogens is 1. The molecule has 43 heavy (non-hydrogen) atoms. The smallest absolute Gasteiger partial charge is 0.291 e. The predicted octanol–water partition coefficient (Wildman–Crippen LogP) is 7.59. The molecule has 0 amide bonds. The van der Waals surface area contributed by atoms with Crippen LogP contribution in [0.15, 0.2) is 33.9 Å². The van der Waals surface area contributed by atoms with Gasteiger partial charge in [-0.1, -0.05) is 74.6 Å². The molecule has 3 aromatic rings. The molecule has 1 aromatic carbocycles. The van der Waals surface area contributed by atoms with E-state index in [1.165, 1.54) is 35.4 Å². The van der Waals surface area contributed by atoms with Crippen LogP contribution in [-0.2, 0) is 37.6 Å². The van der Waals surface area contributed by atoms with Gasteiger partial charge in [-0.25, -0.2) is 4.68 Å². The highest BCUT2D eigenvalue weighted by molar-refractivity contribution is 5.46. The van der Waals surface area contributed by atoms with Gasteiger partial charge in [-0.2, -0.15) is 13.2 Å². The predicted molar refractivity (Wildman–Crippen MR) is 166 cm³/mol. The van der Waals surface area contributed by atoms with Crippen molar-refractivity contribution in [3.05, 3.63) is 78.6 Å². The molecule has 2 fully saturated rings. The van der Waals surface area contributed by atoms with Crippen molar-refractivity contribution in [3.8, 4) is 0 Å². The van der Waals surface area contributed by atoms with Gasteiger partial charge in [-0.15, -0.1) is 0 Å². The van der Waals surface area contributed by atoms with Crippen LogP contribution in [-0.4, -0.2) is 19.1 Å². The normalized spacial score (nSPS) is 28.4. The number of alkyl halides is 3. The van der Waals surface area contributed by atoms with Crippen molar-refractivity contribution in [2.24, 2.45) is 24.9 Å². The number of aromatic nitrogens is 4. The van der Waals surface area contributed by atoms with Gasteiger partial charge < -0.3 is 0 Å². The third-order valence-corrected chi connectivity index (χ3v) is 12.3. The Bertz CT molecular complexity index is 1680. The van der Waals surface area contributed by atoms with E-state index in [0.717, 1.165) is 35.7 Å². The topological polar surface area (TPSA) is 64.7 Å². The van der Waals surface area contributed by atoms with E-state index in [1.54, 1.807) is 13.1 Å². The zero-order valence-electron chi connectivity index (χ0n) is 25.3. The molecule has 1 N–H and O–H groups in total. The number of rotatable bonds is 2. The first-order chi connectivity index (χ1) is 18.9. The second-order valence-electron chi connectivity index (χ2n) is 14.4. The minimum Gasteiger partial charge on any atom is -0.291 e. The van der Waals surface area contributed by atoms with Gasteiger partial charge >= 0.3 is 6.18 Å². The molecule has 0 saturated heterocycles. The minimum atomic E-state index is -4.43. The molecule has 4 aliphatic rings. The van der Waals surface area contributed by atoms with E-state index >= 15 is 0 Å². The Morgan fingerprint density at radius 2 is 1.35 bits per heavy atom. The van der Waals surface area contributed by atoms with Gasteiger partial charge in [-0.3, -0.25) is 24.1 Å². The molecule has 7 rings (SSSR count). The van der Waals surface area contributed by atoms with Crippen LogP contribution in [0.5, 0.6) is 0 Å². The first-order valence-corrected chi connectivity index (χ1v) is 14.6. The summed E-state index contributed by atoms with van der Waals surface area (Å²) in [4.78, 5) is 25.0. The number of halogens is 3. The average molecular weight is 603 g/mol. The number of nitrogens with one attached hydrogen (secondary N) is 1. The van der Waals surface area contributed by atoms with Crippen molar-refractivity contribution in [2.45, 2.75) is 117 Å². The summed E-state index contributed by atoms with van der Waals surface area (Å²) in [6.45, 7) is 13.5. The summed E-state index contributed by atoms with van der Waals surface area (Å²) >= 11 is 0. The molecule has 238 valence electrons. The van der Waals surface area contributed by atoms with Crippen molar-refractivity contribution in [3.63, 3.8) is 0 Å². The summed E-state index contributed by atoms with van der Waals surface area (Å²) in [5.74, 6) is 0.641. The standard InChI is InChI=1S/C20H23F3N2O.C12H18N2O.2CH4/c1-18(2)14-9-10-19(18,3)16-15(14)17(26)25(24(16)4)11-12-7-5-6-8-13(12)20(21,22)23;1-11(2)7-5-6-12(11,3)9-8(7)10(15)13-14(9)4;;/h5-8,14H,9-11H2,1-4H3;7H,5-6H2,1-4H3,(H,13,15);2*1H4/t14-,19+;7-,12+;;/m00../s1. The second kappa shape index (κ2) is 9.77. The Morgan fingerprint density at radius 3 is 1.86 bits per heavy atom. The molecule has 0 aliphatic heterocycles. The highest BCUT2D eigenvalue weighted by Gasteiger charge is 2.63. The monoisotopic (exact) mass is 602 g/mol. The summed E-state index contributed by atoms with van der Waals surface area (Å²) < 4.78 is 45.2. The highest BCUT2D eigenvalue weighted by atomic mass is 19.4. The number of nitrogens with zero attached hydrogens (tertiary/aromatic N) is 3. The lowest BCUT2D eigenvalue weighted by atomic mass is 9.70. The second-order valence-corrected chi connectivity index (χ2v) is 14.4. The number of aryl methyl sites for hydroxylation is 1. The van der Waals surface area contributed by atoms with Gasteiger partial charge in [-0.05, 0) is 60.0 Å². The van der Waals surface area contributed by atoms with Crippen LogP contribution in [0.25, 0.3) is 0 Å². The van der Waals surface area contributed by atoms with Gasteiger partial charge in [0.1, 0.15) is 0 Å². The fourth-order valence-electron chi connectivity index (χ4n) is 9.32. The quantitative estimate of drug-likeness (QED) is 0.329. The summed E-state index contributed by atoms with van der Waals surface area (Å²) in [5, 5.41) is 2.90. The van der Waals surface area contributed by atoms with E-state index in [1.807, 2.05) is 16.4 Å². The summed E-state index contributed by atoms with van der Waals surface area (Å²) in [5.41, 5.74) is 3.89. The van der Waals surface area contributed by atoms with Crippen molar-refractivity contribution in [1.29, 1.82) is 0 Å². The van der Waals surface area contributed by atoms with E-state index in [9.17, 15) is 22.8 Å². The lowest BCUT2D eigenvalue weighted by molar-refractivity contribution is -0.138. The van der Waals surface area contributed by atoms with Gasteiger partial charge in [0.25, 0.3) is 11.1 Å². The zero-order valence-corrected chi connectivity index (χ0v) is 25.3. The van der Waals surface area contributed by atoms with Crippen LogP contribution in [0.3, 0.4) is 0 Å². The van der Waals surface area contributed by atoms with E-state index in [4.69, 9.17) is 0 Å². The maximum atomic E-state index is 13.3. The van der Waals surface area contributed by atoms with Gasteiger partial charge in [0.15, 0.2) is 0 Å². The molecule has 4 bridgehead atoms. The molecule has 0 unspecified atom stereocenters. The summed E-state index contributed by atoms with van der Waals surface area (Å²) in [7, 11) is 3.76. The molecular formula is C34H49F3N4O2. The van der Waals surface area contributed by atoms with Crippen LogP contribution >= 0.6 is 0 Å². The van der Waals surface area contributed by atoms with Crippen molar-refractivity contribution < 1.29 is 13.2 Å². The molecule has 9 heteroatoms. The number of fused-ring (bicyclic) bond motifs is 10. The molecular weight excluding hydrogens is 553 g/mol. The molecule has 6 nitrogen and oxygen atoms in total. The lowest BCUT2D eigenvalue weighted by Crippen LogP contribution is -2.35. The van der Waals surface area contributed by atoms with Crippen molar-refractivity contribution in [2.75, 3.05) is 0 Å². The third kappa shape index (κ3) is 3.98. The number of hydrogen-bond donors (Lipinski definition) is 1. The van der Waals surface area contributed by atoms with Gasteiger partial charge in [0.2, 0.25) is 0 Å². The maximum absolute atomic E-state index is 13.3. The molecule has 4 aliphatic carbocycles. The summed E-state index contributed by atoms with van der Waals surface area (Å²) in [6.07, 6.45) is -0.0729. The first-order valence-electron chi connectivity index (χ1n) is 14.6. The molecule has 0 radical (unpaired) electrons. The van der Waals surface area contributed by atoms with Gasteiger partial charge in [0, 0.05) is 41.7 Å².